The second-order valence-corrected chi connectivity index (χ2v) is 7.18. The van der Waals surface area contributed by atoms with Gasteiger partial charge < -0.3 is 9.15 Å². The molecule has 0 aliphatic heterocycles. The fraction of sp³-hybridized carbons (Fsp3) is 0.182. The molecule has 2 heterocycles. The number of furan rings is 1. The van der Waals surface area contributed by atoms with Gasteiger partial charge in [0.15, 0.2) is 5.13 Å². The maximum atomic E-state index is 12.5. The molecule has 8 heteroatoms. The van der Waals surface area contributed by atoms with E-state index in [0.717, 1.165) is 17.7 Å². The number of hydrogen-bond acceptors (Lipinski definition) is 7. The summed E-state index contributed by atoms with van der Waals surface area (Å²) in [5, 5.41) is 14.2. The molecule has 0 saturated heterocycles. The number of nitriles is 1. The Kier molecular flexibility index (Phi) is 6.45. The van der Waals surface area contributed by atoms with Gasteiger partial charge >= 0.3 is 5.97 Å². The maximum absolute atomic E-state index is 12.5. The van der Waals surface area contributed by atoms with Crippen LogP contribution in [0.15, 0.2) is 45.7 Å². The van der Waals surface area contributed by atoms with Gasteiger partial charge in [0.2, 0.25) is 0 Å². The number of hydrogen-bond donors (Lipinski definition) is 1. The molecule has 0 radical (unpaired) electrons. The van der Waals surface area contributed by atoms with E-state index in [4.69, 9.17) is 4.42 Å². The predicted molar refractivity (Wildman–Crippen MR) is 114 cm³/mol. The number of anilines is 1. The zero-order chi connectivity index (χ0) is 21.7. The summed E-state index contributed by atoms with van der Waals surface area (Å²) in [6, 6.07) is 11.3. The summed E-state index contributed by atoms with van der Waals surface area (Å²) < 4.78 is 10.1. The van der Waals surface area contributed by atoms with Crippen LogP contribution in [0.3, 0.4) is 0 Å². The lowest BCUT2D eigenvalue weighted by Crippen LogP contribution is -2.13. The van der Waals surface area contributed by atoms with E-state index in [-0.39, 0.29) is 16.9 Å². The molecule has 1 aromatic carbocycles. The summed E-state index contributed by atoms with van der Waals surface area (Å²) in [5.41, 5.74) is 2.98. The van der Waals surface area contributed by atoms with Gasteiger partial charge in [-0.05, 0) is 25.0 Å². The second kappa shape index (κ2) is 9.20. The fourth-order valence-electron chi connectivity index (χ4n) is 2.72. The summed E-state index contributed by atoms with van der Waals surface area (Å²) in [7, 11) is 1.26. The quantitative estimate of drug-likeness (QED) is 0.354. The summed E-state index contributed by atoms with van der Waals surface area (Å²) in [6.07, 6.45) is 2.23. The average molecular weight is 421 g/mol. The van der Waals surface area contributed by atoms with Crippen molar-refractivity contribution in [3.8, 4) is 17.3 Å². The van der Waals surface area contributed by atoms with Crippen LogP contribution in [-0.2, 0) is 16.0 Å². The van der Waals surface area contributed by atoms with Crippen LogP contribution in [0.25, 0.3) is 17.3 Å². The Balaban J connectivity index is 1.76. The van der Waals surface area contributed by atoms with E-state index in [0.29, 0.717) is 10.9 Å². The first-order valence-electron chi connectivity index (χ1n) is 9.11. The van der Waals surface area contributed by atoms with E-state index in [1.54, 1.807) is 6.92 Å². The summed E-state index contributed by atoms with van der Waals surface area (Å²) in [6.45, 7) is 3.69. The van der Waals surface area contributed by atoms with Gasteiger partial charge in [0.1, 0.15) is 28.7 Å². The van der Waals surface area contributed by atoms with Crippen LogP contribution in [0.4, 0.5) is 5.13 Å². The van der Waals surface area contributed by atoms with Crippen LogP contribution in [0.1, 0.15) is 34.4 Å². The Bertz CT molecular complexity index is 1150. The largest absolute Gasteiger partial charge is 0.465 e. The molecule has 0 saturated carbocycles. The number of amides is 1. The SMILES string of the molecule is CCc1ccc(-c2csc(NC(=O)/C(C#N)=C/c3cc(C(=O)OC)c(C)o3)n2)cc1. The highest BCUT2D eigenvalue weighted by atomic mass is 32.1. The zero-order valence-electron chi connectivity index (χ0n) is 16.7. The minimum absolute atomic E-state index is 0.177. The number of rotatable bonds is 6. The Hall–Kier alpha value is -3.70. The normalized spacial score (nSPS) is 11.1. The Morgan fingerprint density at radius 3 is 2.70 bits per heavy atom. The first-order chi connectivity index (χ1) is 14.4. The van der Waals surface area contributed by atoms with Crippen LogP contribution >= 0.6 is 11.3 Å². The number of nitrogens with zero attached hydrogens (tertiary/aromatic N) is 2. The Morgan fingerprint density at radius 2 is 2.07 bits per heavy atom. The number of esters is 1. The molecule has 3 aromatic rings. The third-order valence-electron chi connectivity index (χ3n) is 4.38. The van der Waals surface area contributed by atoms with Crippen molar-refractivity contribution >= 4 is 34.4 Å². The first kappa shape index (κ1) is 21.0. The second-order valence-electron chi connectivity index (χ2n) is 6.32. The lowest BCUT2D eigenvalue weighted by atomic mass is 10.1. The predicted octanol–water partition coefficient (Wildman–Crippen LogP) is 4.61. The maximum Gasteiger partial charge on any atom is 0.341 e. The lowest BCUT2D eigenvalue weighted by molar-refractivity contribution is -0.112. The summed E-state index contributed by atoms with van der Waals surface area (Å²) in [4.78, 5) is 28.6. The van der Waals surface area contributed by atoms with Crippen molar-refractivity contribution in [2.75, 3.05) is 12.4 Å². The molecule has 3 rings (SSSR count). The highest BCUT2D eigenvalue weighted by Crippen LogP contribution is 2.26. The summed E-state index contributed by atoms with van der Waals surface area (Å²) >= 11 is 1.27. The van der Waals surface area contributed by atoms with Crippen molar-refractivity contribution in [3.63, 3.8) is 0 Å². The van der Waals surface area contributed by atoms with E-state index in [9.17, 15) is 14.9 Å². The van der Waals surface area contributed by atoms with Crippen molar-refractivity contribution in [1.82, 2.24) is 4.98 Å². The van der Waals surface area contributed by atoms with Gasteiger partial charge in [0.05, 0.1) is 12.8 Å². The first-order valence-corrected chi connectivity index (χ1v) is 9.99. The van der Waals surface area contributed by atoms with Crippen LogP contribution < -0.4 is 5.32 Å². The van der Waals surface area contributed by atoms with E-state index in [2.05, 4.69) is 22.0 Å². The van der Waals surface area contributed by atoms with Gasteiger partial charge in [-0.3, -0.25) is 10.1 Å². The van der Waals surface area contributed by atoms with Crippen LogP contribution in [0, 0.1) is 18.3 Å². The molecule has 0 aliphatic carbocycles. The number of aromatic nitrogens is 1. The molecule has 0 aliphatic rings. The number of thiazole rings is 1. The smallest absolute Gasteiger partial charge is 0.341 e. The highest BCUT2D eigenvalue weighted by molar-refractivity contribution is 7.14. The van der Waals surface area contributed by atoms with E-state index >= 15 is 0 Å². The molecule has 1 N–H and O–H groups in total. The number of aryl methyl sites for hydroxylation is 2. The molecular weight excluding hydrogens is 402 g/mol. The molecule has 1 amide bonds. The minimum atomic E-state index is -0.617. The van der Waals surface area contributed by atoms with Gasteiger partial charge in [-0.1, -0.05) is 31.2 Å². The number of nitrogens with one attached hydrogen (secondary N) is 1. The molecule has 0 bridgehead atoms. The van der Waals surface area contributed by atoms with Crippen molar-refractivity contribution in [1.29, 1.82) is 5.26 Å². The van der Waals surface area contributed by atoms with Crippen molar-refractivity contribution in [3.05, 3.63) is 63.9 Å². The monoisotopic (exact) mass is 421 g/mol. The molecule has 0 fully saturated rings. The molecule has 30 heavy (non-hydrogen) atoms. The minimum Gasteiger partial charge on any atom is -0.465 e. The van der Waals surface area contributed by atoms with Crippen LogP contribution in [0.2, 0.25) is 0 Å². The molecule has 0 unspecified atom stereocenters. The number of carbonyl (C=O) groups excluding carboxylic acids is 2. The van der Waals surface area contributed by atoms with Crippen molar-refractivity contribution in [2.24, 2.45) is 0 Å². The summed E-state index contributed by atoms with van der Waals surface area (Å²) in [5.74, 6) is -0.630. The molecule has 0 spiro atoms. The van der Waals surface area contributed by atoms with Crippen molar-refractivity contribution in [2.45, 2.75) is 20.3 Å². The molecule has 7 nitrogen and oxygen atoms in total. The van der Waals surface area contributed by atoms with E-state index < -0.39 is 11.9 Å². The van der Waals surface area contributed by atoms with Gasteiger partial charge in [-0.2, -0.15) is 5.26 Å². The van der Waals surface area contributed by atoms with Gasteiger partial charge in [0.25, 0.3) is 5.91 Å². The van der Waals surface area contributed by atoms with Gasteiger partial charge in [-0.15, -0.1) is 11.3 Å². The Morgan fingerprint density at radius 1 is 1.33 bits per heavy atom. The highest BCUT2D eigenvalue weighted by Gasteiger charge is 2.17. The third-order valence-corrected chi connectivity index (χ3v) is 5.13. The topological polar surface area (TPSA) is 105 Å². The standard InChI is InChI=1S/C22H19N3O4S/c1-4-14-5-7-15(8-6-14)19-12-30-22(24-19)25-20(26)16(11-23)9-17-10-18(13(2)29-17)21(27)28-3/h5-10,12H,4H2,1-3H3,(H,24,25,26)/b16-9+. The lowest BCUT2D eigenvalue weighted by Gasteiger charge is -2.00. The number of carbonyl (C=O) groups is 2. The molecular formula is C22H19N3O4S. The number of ether oxygens (including phenoxy) is 1. The number of methoxy groups -OCH3 is 1. The van der Waals surface area contributed by atoms with Crippen LogP contribution in [0.5, 0.6) is 0 Å². The van der Waals surface area contributed by atoms with Crippen LogP contribution in [-0.4, -0.2) is 24.0 Å². The molecule has 2 aromatic heterocycles. The number of benzene rings is 1. The third kappa shape index (κ3) is 4.64. The van der Waals surface area contributed by atoms with E-state index in [1.807, 2.05) is 35.7 Å². The average Bonchev–Trinajstić information content (AvgIpc) is 3.37. The molecule has 152 valence electrons. The van der Waals surface area contributed by atoms with Gasteiger partial charge in [-0.25, -0.2) is 9.78 Å². The van der Waals surface area contributed by atoms with Gasteiger partial charge in [0, 0.05) is 17.0 Å². The fourth-order valence-corrected chi connectivity index (χ4v) is 3.43. The zero-order valence-corrected chi connectivity index (χ0v) is 17.5. The van der Waals surface area contributed by atoms with Crippen molar-refractivity contribution < 1.29 is 18.7 Å². The van der Waals surface area contributed by atoms with E-state index in [1.165, 1.54) is 36.2 Å². The molecule has 0 atom stereocenters. The Labute approximate surface area is 177 Å².